The molecule has 11 nitrogen and oxygen atoms in total. The Balaban J connectivity index is 2.07. The molecule has 0 saturated carbocycles. The van der Waals surface area contributed by atoms with Crippen LogP contribution in [0.15, 0.2) is 24.5 Å². The highest BCUT2D eigenvalue weighted by atomic mass is 16.5. The highest BCUT2D eigenvalue weighted by Gasteiger charge is 2.42. The van der Waals surface area contributed by atoms with Gasteiger partial charge in [-0.3, -0.25) is 9.78 Å². The second kappa shape index (κ2) is 8.23. The van der Waals surface area contributed by atoms with E-state index in [2.05, 4.69) is 24.9 Å². The number of hydrogen-bond donors (Lipinski definition) is 2. The summed E-state index contributed by atoms with van der Waals surface area (Å²) >= 11 is 0. The molecule has 0 saturated heterocycles. The van der Waals surface area contributed by atoms with Gasteiger partial charge in [0.25, 0.3) is 0 Å². The zero-order valence-electron chi connectivity index (χ0n) is 16.7. The summed E-state index contributed by atoms with van der Waals surface area (Å²) in [5.41, 5.74) is 12.0. The third-order valence-electron chi connectivity index (χ3n) is 4.84. The molecule has 1 atom stereocenters. The van der Waals surface area contributed by atoms with Crippen LogP contribution in [0.25, 0.3) is 11.2 Å². The van der Waals surface area contributed by atoms with E-state index in [1.807, 2.05) is 6.92 Å². The van der Waals surface area contributed by atoms with Gasteiger partial charge < -0.3 is 20.9 Å². The van der Waals surface area contributed by atoms with Crippen LogP contribution < -0.4 is 11.5 Å². The van der Waals surface area contributed by atoms with E-state index < -0.39 is 17.4 Å². The van der Waals surface area contributed by atoms with E-state index in [-0.39, 0.29) is 34.9 Å². The van der Waals surface area contributed by atoms with E-state index in [9.17, 15) is 9.59 Å². The van der Waals surface area contributed by atoms with Gasteiger partial charge in [-0.25, -0.2) is 14.8 Å². The largest absolute Gasteiger partial charge is 0.468 e. The lowest BCUT2D eigenvalue weighted by molar-refractivity contribution is -0.148. The molecule has 4 N–H and O–H groups in total. The third kappa shape index (κ3) is 3.69. The predicted octanol–water partition coefficient (Wildman–Crippen LogP) is 0.829. The Morgan fingerprint density at radius 3 is 2.40 bits per heavy atom. The van der Waals surface area contributed by atoms with Crippen molar-refractivity contribution in [2.24, 2.45) is 0 Å². The fraction of sp³-hybridized carbons (Fsp3) is 0.316. The van der Waals surface area contributed by atoms with Gasteiger partial charge in [-0.15, -0.1) is 0 Å². The quantitative estimate of drug-likeness (QED) is 0.551. The number of rotatable bonds is 6. The lowest BCUT2D eigenvalue weighted by Gasteiger charge is -2.29. The number of methoxy groups -OCH3 is 2. The number of carbonyl (C=O) groups excluding carboxylic acids is 2. The number of anilines is 2. The molecular formula is C19H21N7O4. The number of nitrogens with zero attached hydrogens (tertiary/aromatic N) is 5. The van der Waals surface area contributed by atoms with Crippen LogP contribution in [0.1, 0.15) is 35.1 Å². The number of carbonyl (C=O) groups is 2. The highest BCUT2D eigenvalue weighted by Crippen LogP contribution is 2.32. The first-order valence-electron chi connectivity index (χ1n) is 9.02. The van der Waals surface area contributed by atoms with E-state index in [1.54, 1.807) is 12.1 Å². The maximum atomic E-state index is 12.9. The lowest BCUT2D eigenvalue weighted by atomic mass is 9.77. The molecule has 30 heavy (non-hydrogen) atoms. The summed E-state index contributed by atoms with van der Waals surface area (Å²) in [5.74, 6) is -0.932. The topological polar surface area (TPSA) is 169 Å². The van der Waals surface area contributed by atoms with Gasteiger partial charge in [0.2, 0.25) is 5.95 Å². The van der Waals surface area contributed by atoms with Crippen molar-refractivity contribution in [2.45, 2.75) is 25.2 Å². The normalized spacial score (nSPS) is 12.9. The lowest BCUT2D eigenvalue weighted by Crippen LogP contribution is -2.40. The van der Waals surface area contributed by atoms with E-state index in [0.717, 1.165) is 0 Å². The van der Waals surface area contributed by atoms with Crippen LogP contribution in [0, 0.1) is 0 Å². The molecule has 11 heteroatoms. The molecular weight excluding hydrogens is 390 g/mol. The molecule has 3 rings (SSSR count). The molecule has 0 radical (unpaired) electrons. The fourth-order valence-electron chi connectivity index (χ4n) is 3.21. The van der Waals surface area contributed by atoms with Gasteiger partial charge in [0.15, 0.2) is 17.0 Å². The zero-order chi connectivity index (χ0) is 21.9. The Morgan fingerprint density at radius 2 is 1.80 bits per heavy atom. The molecule has 0 spiro atoms. The van der Waals surface area contributed by atoms with Gasteiger partial charge in [0.05, 0.1) is 37.4 Å². The van der Waals surface area contributed by atoms with Gasteiger partial charge in [-0.05, 0) is 18.6 Å². The molecule has 0 aliphatic rings. The monoisotopic (exact) mass is 411 g/mol. The van der Waals surface area contributed by atoms with Crippen LogP contribution in [0.3, 0.4) is 0 Å². The summed E-state index contributed by atoms with van der Waals surface area (Å²) in [4.78, 5) is 45.5. The molecule has 1 unspecified atom stereocenters. The minimum Gasteiger partial charge on any atom is -0.468 e. The Hall–Kier alpha value is -3.89. The van der Waals surface area contributed by atoms with Crippen molar-refractivity contribution in [1.29, 1.82) is 0 Å². The average Bonchev–Trinajstić information content (AvgIpc) is 2.76. The van der Waals surface area contributed by atoms with Crippen molar-refractivity contribution < 1.29 is 19.1 Å². The molecule has 0 fully saturated rings. The molecule has 156 valence electrons. The first kappa shape index (κ1) is 20.8. The van der Waals surface area contributed by atoms with Crippen LogP contribution >= 0.6 is 0 Å². The smallest absolute Gasteiger partial charge is 0.339 e. The van der Waals surface area contributed by atoms with Crippen molar-refractivity contribution in [3.8, 4) is 0 Å². The van der Waals surface area contributed by atoms with Crippen LogP contribution in [-0.2, 0) is 26.1 Å². The second-order valence-corrected chi connectivity index (χ2v) is 6.53. The Morgan fingerprint density at radius 1 is 1.03 bits per heavy atom. The van der Waals surface area contributed by atoms with Crippen LogP contribution in [0.2, 0.25) is 0 Å². The van der Waals surface area contributed by atoms with Gasteiger partial charge in [-0.2, -0.15) is 9.97 Å². The SMILES string of the molecule is CCC(Cc1cnc2nc(N)nc(N)c2n1)(C(=O)OC)c1ccc(C(=O)OC)cn1. The number of esters is 2. The first-order valence-corrected chi connectivity index (χ1v) is 9.02. The summed E-state index contributed by atoms with van der Waals surface area (Å²) in [5, 5.41) is 0. The van der Waals surface area contributed by atoms with Crippen LogP contribution in [-0.4, -0.2) is 51.1 Å². The molecule has 3 aromatic rings. The van der Waals surface area contributed by atoms with Gasteiger partial charge in [0.1, 0.15) is 5.41 Å². The van der Waals surface area contributed by atoms with Crippen molar-refractivity contribution in [3.63, 3.8) is 0 Å². The molecule has 0 amide bonds. The molecule has 0 aromatic carbocycles. The zero-order valence-corrected chi connectivity index (χ0v) is 16.7. The van der Waals surface area contributed by atoms with E-state index in [1.165, 1.54) is 26.6 Å². The van der Waals surface area contributed by atoms with Crippen molar-refractivity contribution in [1.82, 2.24) is 24.9 Å². The van der Waals surface area contributed by atoms with Crippen molar-refractivity contribution in [3.05, 3.63) is 41.5 Å². The molecule has 0 aliphatic heterocycles. The van der Waals surface area contributed by atoms with Gasteiger partial charge in [0, 0.05) is 12.6 Å². The minimum absolute atomic E-state index is 0.00517. The minimum atomic E-state index is -1.16. The Kier molecular flexibility index (Phi) is 5.72. The number of nitrogens with two attached hydrogens (primary N) is 2. The number of pyridine rings is 1. The summed E-state index contributed by atoms with van der Waals surface area (Å²) in [6.07, 6.45) is 3.34. The fourth-order valence-corrected chi connectivity index (χ4v) is 3.21. The maximum absolute atomic E-state index is 12.9. The van der Waals surface area contributed by atoms with E-state index >= 15 is 0 Å². The third-order valence-corrected chi connectivity index (χ3v) is 4.84. The highest BCUT2D eigenvalue weighted by molar-refractivity contribution is 5.89. The van der Waals surface area contributed by atoms with Crippen molar-refractivity contribution >= 4 is 34.9 Å². The first-order chi connectivity index (χ1) is 14.3. The predicted molar refractivity (Wildman–Crippen MR) is 107 cm³/mol. The summed E-state index contributed by atoms with van der Waals surface area (Å²) < 4.78 is 9.77. The molecule has 3 heterocycles. The van der Waals surface area contributed by atoms with Gasteiger partial charge in [-0.1, -0.05) is 6.92 Å². The molecule has 0 aliphatic carbocycles. The standard InChI is InChI=1S/C19H21N7O4/c1-4-19(17(28)30-3,12-6-5-10(8-22-12)16(27)29-2)7-11-9-23-15-13(24-11)14(20)25-18(21)26-15/h5-6,8-9H,4,7H2,1-3H3,(H4,20,21,23,25,26). The molecule has 0 bridgehead atoms. The van der Waals surface area contributed by atoms with Crippen molar-refractivity contribution in [2.75, 3.05) is 25.7 Å². The number of fused-ring (bicyclic) bond motifs is 1. The van der Waals surface area contributed by atoms with Crippen LogP contribution in [0.4, 0.5) is 11.8 Å². The van der Waals surface area contributed by atoms with Gasteiger partial charge >= 0.3 is 11.9 Å². The Labute approximate surface area is 171 Å². The maximum Gasteiger partial charge on any atom is 0.339 e. The molecule has 3 aromatic heterocycles. The number of ether oxygens (including phenoxy) is 2. The van der Waals surface area contributed by atoms with E-state index in [0.29, 0.717) is 17.8 Å². The number of aromatic nitrogens is 5. The summed E-state index contributed by atoms with van der Waals surface area (Å²) in [6.45, 7) is 1.83. The summed E-state index contributed by atoms with van der Waals surface area (Å²) in [6, 6.07) is 3.14. The Bertz CT molecular complexity index is 1100. The van der Waals surface area contributed by atoms with E-state index in [4.69, 9.17) is 20.9 Å². The average molecular weight is 411 g/mol. The van der Waals surface area contributed by atoms with Crippen LogP contribution in [0.5, 0.6) is 0 Å². The number of hydrogen-bond acceptors (Lipinski definition) is 11. The second-order valence-electron chi connectivity index (χ2n) is 6.53. The summed E-state index contributed by atoms with van der Waals surface area (Å²) in [7, 11) is 2.58. The number of nitrogen functional groups attached to an aromatic ring is 2.